The Morgan fingerprint density at radius 3 is 2.23 bits per heavy atom. The Balaban J connectivity index is 2.87. The van der Waals surface area contributed by atoms with Gasteiger partial charge in [0.05, 0.1) is 0 Å². The fourth-order valence-corrected chi connectivity index (χ4v) is 1.34. The van der Waals surface area contributed by atoms with Crippen molar-refractivity contribution in [2.75, 3.05) is 26.1 Å². The van der Waals surface area contributed by atoms with Crippen LogP contribution in [0.1, 0.15) is 38.7 Å². The lowest BCUT2D eigenvalue weighted by Gasteiger charge is -2.43. The Hall–Kier alpha value is -0.0800. The zero-order valence-corrected chi connectivity index (χ0v) is 9.41. The summed E-state index contributed by atoms with van der Waals surface area (Å²) in [6, 6.07) is 0.153. The molecule has 0 spiro atoms. The highest BCUT2D eigenvalue weighted by atomic mass is 15.3. The van der Waals surface area contributed by atoms with Gasteiger partial charge in [0.25, 0.3) is 0 Å². The van der Waals surface area contributed by atoms with E-state index >= 15 is 0 Å². The molecule has 1 fully saturated rings. The van der Waals surface area contributed by atoms with Crippen molar-refractivity contribution in [1.29, 1.82) is 0 Å². The molecule has 1 aliphatic heterocycles. The van der Waals surface area contributed by atoms with Gasteiger partial charge in [-0.3, -0.25) is 9.80 Å². The van der Waals surface area contributed by atoms with Crippen LogP contribution < -0.4 is 0 Å². The molecule has 1 aliphatic rings. The molecule has 0 saturated carbocycles. The van der Waals surface area contributed by atoms with Gasteiger partial charge in [0.15, 0.2) is 0 Å². The van der Waals surface area contributed by atoms with Gasteiger partial charge in [-0.05, 0) is 34.6 Å². The van der Waals surface area contributed by atoms with Gasteiger partial charge in [0, 0.05) is 41.8 Å². The third-order valence-electron chi connectivity index (χ3n) is 2.37. The summed E-state index contributed by atoms with van der Waals surface area (Å²) in [5, 5.41) is 0. The Morgan fingerprint density at radius 1 is 1.15 bits per heavy atom. The van der Waals surface area contributed by atoms with E-state index in [4.69, 9.17) is 4.11 Å². The van der Waals surface area contributed by atoms with E-state index in [1.54, 1.807) is 4.90 Å². The average molecular weight is 187 g/mol. The van der Waals surface area contributed by atoms with Crippen molar-refractivity contribution >= 4 is 0 Å². The molecule has 0 bridgehead atoms. The third-order valence-corrected chi connectivity index (χ3v) is 2.37. The first-order valence-corrected chi connectivity index (χ1v) is 4.97. The molecule has 0 aromatic carbocycles. The third kappa shape index (κ3) is 2.96. The summed E-state index contributed by atoms with van der Waals surface area (Å²) in [5.74, 6) is 0. The fourth-order valence-electron chi connectivity index (χ4n) is 1.34. The Bertz CT molecular complexity index is 238. The zero-order valence-electron chi connectivity index (χ0n) is 12.4. The SMILES string of the molecule is [2H]C1CN(C(C)(C)C)C([2H])C([2H])N1C(C)C. The molecule has 1 heterocycles. The highest BCUT2D eigenvalue weighted by molar-refractivity contribution is 4.82. The summed E-state index contributed by atoms with van der Waals surface area (Å²) in [6.07, 6.45) is 0. The lowest BCUT2D eigenvalue weighted by molar-refractivity contribution is 0.0491. The van der Waals surface area contributed by atoms with Gasteiger partial charge < -0.3 is 0 Å². The molecule has 3 atom stereocenters. The maximum Gasteiger partial charge on any atom is 0.0444 e. The van der Waals surface area contributed by atoms with Gasteiger partial charge in [-0.25, -0.2) is 0 Å². The van der Waals surface area contributed by atoms with Gasteiger partial charge in [-0.2, -0.15) is 0 Å². The smallest absolute Gasteiger partial charge is 0.0444 e. The Morgan fingerprint density at radius 2 is 1.77 bits per heavy atom. The molecular formula is C11H24N2. The van der Waals surface area contributed by atoms with Crippen LogP contribution in [0, 0.1) is 0 Å². The topological polar surface area (TPSA) is 6.48 Å². The second-order valence-corrected chi connectivity index (χ2v) is 4.84. The summed E-state index contributed by atoms with van der Waals surface area (Å²) >= 11 is 0. The minimum Gasteiger partial charge on any atom is -0.298 e. The van der Waals surface area contributed by atoms with Crippen LogP contribution in [0.3, 0.4) is 0 Å². The Labute approximate surface area is 87.1 Å². The van der Waals surface area contributed by atoms with Crippen molar-refractivity contribution in [2.24, 2.45) is 0 Å². The highest BCUT2D eigenvalue weighted by Gasteiger charge is 2.26. The van der Waals surface area contributed by atoms with Crippen LogP contribution in [0.25, 0.3) is 0 Å². The molecule has 0 aliphatic carbocycles. The van der Waals surface area contributed by atoms with Crippen LogP contribution in [0.4, 0.5) is 0 Å². The first kappa shape index (κ1) is 7.24. The highest BCUT2D eigenvalue weighted by Crippen LogP contribution is 2.16. The maximum atomic E-state index is 8.12. The van der Waals surface area contributed by atoms with Gasteiger partial charge in [0.2, 0.25) is 0 Å². The van der Waals surface area contributed by atoms with Gasteiger partial charge in [0.1, 0.15) is 0 Å². The van der Waals surface area contributed by atoms with Crippen LogP contribution in [0.15, 0.2) is 0 Å². The van der Waals surface area contributed by atoms with Crippen LogP contribution >= 0.6 is 0 Å². The summed E-state index contributed by atoms with van der Waals surface area (Å²) in [5.41, 5.74) is -0.145. The van der Waals surface area contributed by atoms with Gasteiger partial charge >= 0.3 is 0 Å². The molecule has 0 aromatic heterocycles. The number of hydrogen-bond donors (Lipinski definition) is 0. The summed E-state index contributed by atoms with van der Waals surface area (Å²) in [4.78, 5) is 3.75. The van der Waals surface area contributed by atoms with E-state index in [1.807, 2.05) is 39.5 Å². The molecule has 0 N–H and O–H groups in total. The van der Waals surface area contributed by atoms with Crippen LogP contribution in [-0.4, -0.2) is 47.5 Å². The van der Waals surface area contributed by atoms with Crippen LogP contribution in [0.5, 0.6) is 0 Å². The summed E-state index contributed by atoms with van der Waals surface area (Å²) in [7, 11) is 0. The fraction of sp³-hybridized carbons (Fsp3) is 1.00. The zero-order chi connectivity index (χ0) is 12.7. The lowest BCUT2D eigenvalue weighted by atomic mass is 10.0. The maximum absolute atomic E-state index is 8.12. The number of rotatable bonds is 1. The second kappa shape index (κ2) is 3.97. The lowest BCUT2D eigenvalue weighted by Crippen LogP contribution is -2.54. The molecule has 13 heavy (non-hydrogen) atoms. The average Bonchev–Trinajstić information content (AvgIpc) is 2.09. The molecule has 1 saturated heterocycles. The van der Waals surface area contributed by atoms with Crippen LogP contribution in [-0.2, 0) is 0 Å². The quantitative estimate of drug-likeness (QED) is 0.618. The minimum atomic E-state index is -0.629. The summed E-state index contributed by atoms with van der Waals surface area (Å²) in [6.45, 7) is 9.05. The molecule has 3 unspecified atom stereocenters. The van der Waals surface area contributed by atoms with E-state index in [-0.39, 0.29) is 11.6 Å². The second-order valence-electron chi connectivity index (χ2n) is 4.84. The van der Waals surface area contributed by atoms with E-state index in [0.29, 0.717) is 6.54 Å². The van der Waals surface area contributed by atoms with Crippen molar-refractivity contribution in [3.8, 4) is 0 Å². The first-order chi connectivity index (χ1) is 7.16. The van der Waals surface area contributed by atoms with E-state index in [1.165, 1.54) is 0 Å². The molecule has 1 rings (SSSR count). The molecule has 2 nitrogen and oxygen atoms in total. The minimum absolute atomic E-state index is 0.145. The van der Waals surface area contributed by atoms with Crippen molar-refractivity contribution in [1.82, 2.24) is 9.80 Å². The van der Waals surface area contributed by atoms with E-state index in [9.17, 15) is 0 Å². The molecule has 0 aromatic rings. The predicted octanol–water partition coefficient (Wildman–Crippen LogP) is 1.81. The van der Waals surface area contributed by atoms with Crippen molar-refractivity contribution in [3.05, 3.63) is 0 Å². The van der Waals surface area contributed by atoms with E-state index < -0.39 is 19.6 Å². The monoisotopic (exact) mass is 187 g/mol. The van der Waals surface area contributed by atoms with E-state index in [0.717, 1.165) is 0 Å². The van der Waals surface area contributed by atoms with Gasteiger partial charge in [-0.15, -0.1) is 0 Å². The Kier molecular flexibility index (Phi) is 2.21. The first-order valence-electron chi connectivity index (χ1n) is 6.70. The largest absolute Gasteiger partial charge is 0.298 e. The van der Waals surface area contributed by atoms with Crippen molar-refractivity contribution < 1.29 is 4.11 Å². The summed E-state index contributed by atoms with van der Waals surface area (Å²) < 4.78 is 24.3. The number of piperazine rings is 1. The number of nitrogens with zero attached hydrogens (tertiary/aromatic N) is 2. The molecule has 78 valence electrons. The number of hydrogen-bond acceptors (Lipinski definition) is 2. The van der Waals surface area contributed by atoms with Crippen LogP contribution in [0.2, 0.25) is 0 Å². The van der Waals surface area contributed by atoms with Gasteiger partial charge in [-0.1, -0.05) is 0 Å². The molecule has 0 radical (unpaired) electrons. The standard InChI is InChI=1S/C11H24N2/c1-10(2)12-6-8-13(9-7-12)11(3,4)5/h10H,6-9H2,1-5H3/i6D,7D,8D. The normalized spacial score (nSPS) is 42.9. The predicted molar refractivity (Wildman–Crippen MR) is 58.0 cm³/mol. The van der Waals surface area contributed by atoms with E-state index in [2.05, 4.69) is 0 Å². The molecule has 2 heteroatoms. The molecular weight excluding hydrogens is 160 g/mol. The van der Waals surface area contributed by atoms with Crippen molar-refractivity contribution in [2.45, 2.75) is 46.2 Å². The molecule has 0 amide bonds. The van der Waals surface area contributed by atoms with Crippen molar-refractivity contribution in [3.63, 3.8) is 0 Å².